The highest BCUT2D eigenvalue weighted by Crippen LogP contribution is 2.31. The van der Waals surface area contributed by atoms with E-state index in [2.05, 4.69) is 10.3 Å². The molecule has 52 heavy (non-hydrogen) atoms. The maximum absolute atomic E-state index is 13.9. The van der Waals surface area contributed by atoms with Crippen molar-refractivity contribution in [1.29, 1.82) is 0 Å². The third kappa shape index (κ3) is 9.09. The summed E-state index contributed by atoms with van der Waals surface area (Å²) in [6, 6.07) is 5.51. The minimum absolute atomic E-state index is 0.0191. The number of benzene rings is 1. The number of esters is 1. The third-order valence-corrected chi connectivity index (χ3v) is 9.74. The number of aryl methyl sites for hydroxylation is 1. The number of carbonyl (C=O) groups excluding carboxylic acids is 6. The van der Waals surface area contributed by atoms with Gasteiger partial charge in [-0.25, -0.2) is 9.78 Å². The number of nitrogens with one attached hydrogen (secondary N) is 1. The molecular weight excluding hydrogens is 672 g/mol. The van der Waals surface area contributed by atoms with Gasteiger partial charge in [0, 0.05) is 63.7 Å². The lowest BCUT2D eigenvalue weighted by Gasteiger charge is -2.36. The second-order valence-corrected chi connectivity index (χ2v) is 13.5. The number of likely N-dealkylation sites (tertiary alicyclic amines) is 1. The van der Waals surface area contributed by atoms with Crippen molar-refractivity contribution < 1.29 is 43.0 Å². The molecule has 3 aliphatic rings. The van der Waals surface area contributed by atoms with Crippen molar-refractivity contribution in [3.63, 3.8) is 0 Å². The number of pyridine rings is 1. The molecule has 3 atom stereocenters. The van der Waals surface area contributed by atoms with E-state index in [0.29, 0.717) is 30.3 Å². The number of hydrogen-bond acceptors (Lipinski definition) is 10. The van der Waals surface area contributed by atoms with E-state index < -0.39 is 42.1 Å². The highest BCUT2D eigenvalue weighted by Gasteiger charge is 2.41. The van der Waals surface area contributed by atoms with Crippen molar-refractivity contribution >= 4 is 46.6 Å². The molecule has 3 heterocycles. The summed E-state index contributed by atoms with van der Waals surface area (Å²) in [6.45, 7) is 8.74. The van der Waals surface area contributed by atoms with E-state index >= 15 is 0 Å². The molecule has 1 saturated carbocycles. The summed E-state index contributed by atoms with van der Waals surface area (Å²) in [7, 11) is 1.79. The molecule has 0 unspecified atom stereocenters. The first-order chi connectivity index (χ1) is 24.9. The van der Waals surface area contributed by atoms with E-state index in [4.69, 9.17) is 14.2 Å². The summed E-state index contributed by atoms with van der Waals surface area (Å²) in [5.74, 6) is -1.72. The van der Waals surface area contributed by atoms with Crippen LogP contribution in [0.3, 0.4) is 0 Å². The molecule has 2 aliphatic heterocycles. The van der Waals surface area contributed by atoms with E-state index in [-0.39, 0.29) is 81.5 Å². The lowest BCUT2D eigenvalue weighted by molar-refractivity contribution is -0.147. The Kier molecular flexibility index (Phi) is 12.5. The Balaban J connectivity index is 1.34. The average Bonchev–Trinajstić information content (AvgIpc) is 3.87. The van der Waals surface area contributed by atoms with Gasteiger partial charge in [0.05, 0.1) is 18.7 Å². The number of aromatic nitrogens is 1. The smallest absolute Gasteiger partial charge is 0.409 e. The predicted molar refractivity (Wildman–Crippen MR) is 189 cm³/mol. The fourth-order valence-electron chi connectivity index (χ4n) is 6.69. The van der Waals surface area contributed by atoms with E-state index in [0.717, 1.165) is 18.4 Å². The van der Waals surface area contributed by atoms with Crippen LogP contribution in [-0.2, 0) is 28.7 Å². The van der Waals surface area contributed by atoms with Gasteiger partial charge >= 0.3 is 12.1 Å². The summed E-state index contributed by atoms with van der Waals surface area (Å²) in [5, 5.41) is 3.36. The van der Waals surface area contributed by atoms with Gasteiger partial charge in [0.1, 0.15) is 23.5 Å². The SMILES string of the molecule is CCOC(=O)CC[C@H](NC(=O)c1cc(O[C@H](C)C(=O)N2CCC[C@H]2C(=O)N(C)C2CC2)c2ccc(C)cc2n1)C(=O)N1CCN(C(=O)OCC)CC1. The zero-order chi connectivity index (χ0) is 37.5. The Morgan fingerprint density at radius 2 is 1.62 bits per heavy atom. The molecule has 282 valence electrons. The van der Waals surface area contributed by atoms with Gasteiger partial charge < -0.3 is 39.1 Å². The van der Waals surface area contributed by atoms with Crippen LogP contribution < -0.4 is 10.1 Å². The molecule has 1 N–H and O–H groups in total. The molecule has 1 aromatic carbocycles. The van der Waals surface area contributed by atoms with Crippen LogP contribution in [0.25, 0.3) is 10.9 Å². The van der Waals surface area contributed by atoms with Gasteiger partial charge in [-0.2, -0.15) is 0 Å². The topological polar surface area (TPSA) is 168 Å². The van der Waals surface area contributed by atoms with Gasteiger partial charge in [-0.15, -0.1) is 0 Å². The monoisotopic (exact) mass is 722 g/mol. The number of piperazine rings is 1. The first kappa shape index (κ1) is 38.3. The number of hydrogen-bond donors (Lipinski definition) is 1. The van der Waals surface area contributed by atoms with E-state index in [1.54, 1.807) is 54.7 Å². The Morgan fingerprint density at radius 1 is 0.923 bits per heavy atom. The van der Waals surface area contributed by atoms with Crippen molar-refractivity contribution in [3.8, 4) is 5.75 Å². The van der Waals surface area contributed by atoms with Crippen LogP contribution >= 0.6 is 0 Å². The lowest BCUT2D eigenvalue weighted by Crippen LogP contribution is -2.56. The molecule has 15 heteroatoms. The van der Waals surface area contributed by atoms with Crippen LogP contribution in [-0.4, -0.2) is 137 Å². The lowest BCUT2D eigenvalue weighted by atomic mass is 10.1. The maximum atomic E-state index is 13.9. The molecule has 2 saturated heterocycles. The zero-order valence-electron chi connectivity index (χ0n) is 30.7. The highest BCUT2D eigenvalue weighted by molar-refractivity contribution is 6.00. The third-order valence-electron chi connectivity index (χ3n) is 9.74. The van der Waals surface area contributed by atoms with Crippen LogP contribution in [0.2, 0.25) is 0 Å². The summed E-state index contributed by atoms with van der Waals surface area (Å²) in [5.41, 5.74) is 1.29. The van der Waals surface area contributed by atoms with Crippen molar-refractivity contribution in [2.45, 2.75) is 90.4 Å². The Hall–Kier alpha value is -4.95. The summed E-state index contributed by atoms with van der Waals surface area (Å²) < 4.78 is 16.4. The number of amides is 5. The van der Waals surface area contributed by atoms with Crippen molar-refractivity contribution in [3.05, 3.63) is 35.5 Å². The Labute approximate surface area is 303 Å². The van der Waals surface area contributed by atoms with Gasteiger partial charge in [-0.3, -0.25) is 24.0 Å². The predicted octanol–water partition coefficient (Wildman–Crippen LogP) is 2.66. The van der Waals surface area contributed by atoms with Gasteiger partial charge in [0.15, 0.2) is 6.10 Å². The molecule has 0 bridgehead atoms. The second kappa shape index (κ2) is 17.0. The molecule has 5 amide bonds. The number of carbonyl (C=O) groups is 6. The first-order valence-corrected chi connectivity index (χ1v) is 18.2. The molecule has 1 aliphatic carbocycles. The van der Waals surface area contributed by atoms with Gasteiger partial charge in [-0.1, -0.05) is 6.07 Å². The fourth-order valence-corrected chi connectivity index (χ4v) is 6.69. The maximum Gasteiger partial charge on any atom is 0.409 e. The van der Waals surface area contributed by atoms with Crippen LogP contribution in [0.1, 0.15) is 75.3 Å². The molecule has 0 spiro atoms. The highest BCUT2D eigenvalue weighted by atomic mass is 16.6. The summed E-state index contributed by atoms with van der Waals surface area (Å²) >= 11 is 0. The van der Waals surface area contributed by atoms with E-state index in [1.807, 2.05) is 13.0 Å². The largest absolute Gasteiger partial charge is 0.480 e. The summed E-state index contributed by atoms with van der Waals surface area (Å²) in [6.07, 6.45) is 1.69. The summed E-state index contributed by atoms with van der Waals surface area (Å²) in [4.78, 5) is 90.1. The van der Waals surface area contributed by atoms with Crippen LogP contribution in [0.4, 0.5) is 4.79 Å². The molecule has 0 radical (unpaired) electrons. The van der Waals surface area contributed by atoms with Crippen LogP contribution in [0.5, 0.6) is 5.75 Å². The number of likely N-dealkylation sites (N-methyl/N-ethyl adjacent to an activating group) is 1. The zero-order valence-corrected chi connectivity index (χ0v) is 30.7. The molecule has 1 aromatic heterocycles. The average molecular weight is 723 g/mol. The van der Waals surface area contributed by atoms with Crippen LogP contribution in [0, 0.1) is 6.92 Å². The normalized spacial score (nSPS) is 18.4. The Morgan fingerprint density at radius 3 is 2.29 bits per heavy atom. The van der Waals surface area contributed by atoms with Gasteiger partial charge in [-0.05, 0) is 77.5 Å². The standard InChI is InChI=1S/C37H50N6O9/c1-6-50-32(44)15-14-27(35(47)41-17-19-42(20-18-41)37(49)51-7-2)39-33(45)29-22-31(26-13-10-23(3)21-28(26)38-29)52-24(4)34(46)43-16-8-9-30(43)36(48)40(5)25-11-12-25/h10,13,21-22,24-25,27,30H,6-9,11-12,14-20H2,1-5H3,(H,39,45)/t24-,27+,30+/m1/s1. The molecular formula is C37H50N6O9. The van der Waals surface area contributed by atoms with Crippen molar-refractivity contribution in [2.75, 3.05) is 53.0 Å². The molecule has 2 aromatic rings. The number of fused-ring (bicyclic) bond motifs is 1. The second-order valence-electron chi connectivity index (χ2n) is 13.5. The molecule has 5 rings (SSSR count). The van der Waals surface area contributed by atoms with Crippen molar-refractivity contribution in [2.24, 2.45) is 0 Å². The molecule has 15 nitrogen and oxygen atoms in total. The molecule has 3 fully saturated rings. The number of ether oxygens (including phenoxy) is 3. The van der Waals surface area contributed by atoms with Gasteiger partial charge in [0.25, 0.3) is 11.8 Å². The minimum Gasteiger partial charge on any atom is -0.480 e. The quantitative estimate of drug-likeness (QED) is 0.304. The van der Waals surface area contributed by atoms with E-state index in [9.17, 15) is 28.8 Å². The van der Waals surface area contributed by atoms with Crippen molar-refractivity contribution in [1.82, 2.24) is 29.9 Å². The van der Waals surface area contributed by atoms with Crippen LogP contribution in [0.15, 0.2) is 24.3 Å². The van der Waals surface area contributed by atoms with Gasteiger partial charge in [0.2, 0.25) is 11.8 Å². The minimum atomic E-state index is -1.09. The van der Waals surface area contributed by atoms with E-state index in [1.165, 1.54) is 11.0 Å². The number of nitrogens with zero attached hydrogens (tertiary/aromatic N) is 5. The first-order valence-electron chi connectivity index (χ1n) is 18.2. The Bertz CT molecular complexity index is 1670. The fraction of sp³-hybridized carbons (Fsp3) is 0.595. The number of rotatable bonds is 13.